The van der Waals surface area contributed by atoms with Crippen LogP contribution in [0.15, 0.2) is 86.0 Å². The van der Waals surface area contributed by atoms with E-state index in [-0.39, 0.29) is 0 Å². The zero-order valence-electron chi connectivity index (χ0n) is 21.5. The third-order valence-electron chi connectivity index (χ3n) is 7.36. The number of hydrogen-bond donors (Lipinski definition) is 1. The van der Waals surface area contributed by atoms with Gasteiger partial charge < -0.3 is 10.2 Å². The van der Waals surface area contributed by atoms with Crippen LogP contribution in [0.25, 0.3) is 11.4 Å². The zero-order chi connectivity index (χ0) is 24.6. The monoisotopic (exact) mass is 464 g/mol. The molecule has 35 heavy (non-hydrogen) atoms. The molecule has 0 aromatic heterocycles. The summed E-state index contributed by atoms with van der Waals surface area (Å²) in [4.78, 5) is 2.37. The van der Waals surface area contributed by atoms with Gasteiger partial charge in [0.15, 0.2) is 0 Å². The van der Waals surface area contributed by atoms with Crippen molar-refractivity contribution in [2.75, 3.05) is 18.9 Å². The molecule has 2 nitrogen and oxygen atoms in total. The van der Waals surface area contributed by atoms with Gasteiger partial charge in [-0.3, -0.25) is 0 Å². The molecule has 0 bridgehead atoms. The summed E-state index contributed by atoms with van der Waals surface area (Å²) >= 11 is 0. The molecule has 3 aromatic carbocycles. The summed E-state index contributed by atoms with van der Waals surface area (Å²) in [6.07, 6.45) is 8.80. The maximum Gasteiger partial charge on any atom is 0.0387 e. The fourth-order valence-electron chi connectivity index (χ4n) is 5.22. The van der Waals surface area contributed by atoms with Crippen LogP contribution in [0.5, 0.6) is 0 Å². The highest BCUT2D eigenvalue weighted by Gasteiger charge is 2.18. The van der Waals surface area contributed by atoms with Gasteiger partial charge in [-0.2, -0.15) is 0 Å². The Balaban J connectivity index is 1.39. The lowest BCUT2D eigenvalue weighted by molar-refractivity contribution is 0.289. The minimum atomic E-state index is 0.805. The molecule has 3 aromatic rings. The van der Waals surface area contributed by atoms with E-state index in [9.17, 15) is 0 Å². The number of rotatable bonds is 10. The molecular formula is C33H40N2. The molecule has 0 aliphatic heterocycles. The maximum atomic E-state index is 4.46. The summed E-state index contributed by atoms with van der Waals surface area (Å²) in [5, 5.41) is 3.53. The van der Waals surface area contributed by atoms with Crippen molar-refractivity contribution in [2.24, 2.45) is 5.92 Å². The Morgan fingerprint density at radius 2 is 1.57 bits per heavy atom. The third kappa shape index (κ3) is 6.66. The molecule has 182 valence electrons. The van der Waals surface area contributed by atoms with Gasteiger partial charge in [0.2, 0.25) is 0 Å². The Morgan fingerprint density at radius 1 is 0.886 bits per heavy atom. The fraction of sp³-hybridized carbons (Fsp3) is 0.333. The number of nitrogens with one attached hydrogen (secondary N) is 1. The first-order valence-corrected chi connectivity index (χ1v) is 13.2. The van der Waals surface area contributed by atoms with Crippen LogP contribution in [0.1, 0.15) is 66.8 Å². The first-order chi connectivity index (χ1) is 17.0. The van der Waals surface area contributed by atoms with Gasteiger partial charge in [0.1, 0.15) is 0 Å². The van der Waals surface area contributed by atoms with Gasteiger partial charge in [0.05, 0.1) is 0 Å². The average Bonchev–Trinajstić information content (AvgIpc) is 2.89. The minimum Gasteiger partial charge on any atom is -0.374 e. The molecule has 1 N–H and O–H groups in total. The van der Waals surface area contributed by atoms with Crippen molar-refractivity contribution in [3.05, 3.63) is 114 Å². The molecule has 0 radical (unpaired) electrons. The largest absolute Gasteiger partial charge is 0.374 e. The lowest BCUT2D eigenvalue weighted by Gasteiger charge is -2.30. The van der Waals surface area contributed by atoms with Gasteiger partial charge >= 0.3 is 0 Å². The van der Waals surface area contributed by atoms with E-state index in [0.717, 1.165) is 47.9 Å². The Kier molecular flexibility index (Phi) is 8.47. The zero-order valence-corrected chi connectivity index (χ0v) is 21.5. The summed E-state index contributed by atoms with van der Waals surface area (Å²) < 4.78 is 0. The Morgan fingerprint density at radius 3 is 2.26 bits per heavy atom. The van der Waals surface area contributed by atoms with Crippen molar-refractivity contribution in [2.45, 2.75) is 51.9 Å². The summed E-state index contributed by atoms with van der Waals surface area (Å²) in [6, 6.07) is 25.9. The highest BCUT2D eigenvalue weighted by atomic mass is 15.1. The van der Waals surface area contributed by atoms with Crippen molar-refractivity contribution in [3.63, 3.8) is 0 Å². The van der Waals surface area contributed by atoms with Gasteiger partial charge in [-0.05, 0) is 66.0 Å². The molecule has 1 saturated carbocycles. The topological polar surface area (TPSA) is 15.3 Å². The van der Waals surface area contributed by atoms with E-state index in [1.54, 1.807) is 0 Å². The Bertz CT molecular complexity index is 1120. The van der Waals surface area contributed by atoms with E-state index in [1.807, 2.05) is 0 Å². The molecule has 2 heteroatoms. The molecule has 1 fully saturated rings. The number of benzene rings is 3. The minimum absolute atomic E-state index is 0.805. The SMILES string of the molecule is C=C(Nc1ccc(C(=C)N(C)CC2CCCCC2)c(CC)c1)c1ccc(Cc2ccccc2)cc1. The van der Waals surface area contributed by atoms with Crippen LogP contribution in [-0.4, -0.2) is 18.5 Å². The van der Waals surface area contributed by atoms with Crippen molar-refractivity contribution >= 4 is 17.1 Å². The van der Waals surface area contributed by atoms with E-state index in [1.165, 1.54) is 54.4 Å². The van der Waals surface area contributed by atoms with Crippen LogP contribution < -0.4 is 5.32 Å². The molecular weight excluding hydrogens is 424 g/mol. The number of anilines is 1. The molecule has 0 saturated heterocycles. The molecule has 4 rings (SSSR count). The van der Waals surface area contributed by atoms with E-state index in [4.69, 9.17) is 0 Å². The molecule has 1 aliphatic rings. The normalized spacial score (nSPS) is 13.9. The van der Waals surface area contributed by atoms with Crippen molar-refractivity contribution in [3.8, 4) is 0 Å². The second kappa shape index (κ2) is 11.9. The predicted octanol–water partition coefficient (Wildman–Crippen LogP) is 8.41. The third-order valence-corrected chi connectivity index (χ3v) is 7.36. The fourth-order valence-corrected chi connectivity index (χ4v) is 5.22. The van der Waals surface area contributed by atoms with E-state index >= 15 is 0 Å². The van der Waals surface area contributed by atoms with Crippen molar-refractivity contribution in [1.82, 2.24) is 4.90 Å². The van der Waals surface area contributed by atoms with Gasteiger partial charge in [-0.1, -0.05) is 100 Å². The lowest BCUT2D eigenvalue weighted by atomic mass is 9.88. The van der Waals surface area contributed by atoms with Crippen molar-refractivity contribution in [1.29, 1.82) is 0 Å². The van der Waals surface area contributed by atoms with Crippen LogP contribution in [0, 0.1) is 5.92 Å². The second-order valence-electron chi connectivity index (χ2n) is 10.0. The Labute approximate surface area is 212 Å². The van der Waals surface area contributed by atoms with Gasteiger partial charge in [-0.25, -0.2) is 0 Å². The first kappa shape index (κ1) is 24.9. The summed E-state index contributed by atoms with van der Waals surface area (Å²) in [5.41, 5.74) is 9.45. The van der Waals surface area contributed by atoms with E-state index in [2.05, 4.69) is 110 Å². The smallest absolute Gasteiger partial charge is 0.0387 e. The summed E-state index contributed by atoms with van der Waals surface area (Å²) in [6.45, 7) is 12.1. The van der Waals surface area contributed by atoms with Gasteiger partial charge in [0.25, 0.3) is 0 Å². The lowest BCUT2D eigenvalue weighted by Crippen LogP contribution is -2.26. The number of hydrogen-bond acceptors (Lipinski definition) is 2. The van der Waals surface area contributed by atoms with Gasteiger partial charge in [0, 0.05) is 36.2 Å². The quantitative estimate of drug-likeness (QED) is 0.324. The van der Waals surface area contributed by atoms with E-state index < -0.39 is 0 Å². The van der Waals surface area contributed by atoms with Crippen LogP contribution >= 0.6 is 0 Å². The second-order valence-corrected chi connectivity index (χ2v) is 10.0. The van der Waals surface area contributed by atoms with Crippen LogP contribution in [-0.2, 0) is 12.8 Å². The first-order valence-electron chi connectivity index (χ1n) is 13.2. The van der Waals surface area contributed by atoms with Crippen LogP contribution in [0.2, 0.25) is 0 Å². The summed E-state index contributed by atoms with van der Waals surface area (Å²) in [5.74, 6) is 0.805. The highest BCUT2D eigenvalue weighted by molar-refractivity contribution is 5.77. The van der Waals surface area contributed by atoms with Crippen molar-refractivity contribution < 1.29 is 0 Å². The molecule has 0 unspecified atom stereocenters. The number of aryl methyl sites for hydroxylation is 1. The molecule has 0 heterocycles. The van der Waals surface area contributed by atoms with Crippen LogP contribution in [0.4, 0.5) is 5.69 Å². The molecule has 1 aliphatic carbocycles. The predicted molar refractivity (Wildman–Crippen MR) is 152 cm³/mol. The van der Waals surface area contributed by atoms with Crippen LogP contribution in [0.3, 0.4) is 0 Å². The van der Waals surface area contributed by atoms with Gasteiger partial charge in [-0.15, -0.1) is 0 Å². The molecule has 0 amide bonds. The average molecular weight is 465 g/mol. The Hall–Kier alpha value is -3.26. The molecule has 0 spiro atoms. The van der Waals surface area contributed by atoms with E-state index in [0.29, 0.717) is 0 Å². The number of nitrogens with zero attached hydrogens (tertiary/aromatic N) is 1. The maximum absolute atomic E-state index is 4.46. The highest BCUT2D eigenvalue weighted by Crippen LogP contribution is 2.29. The summed E-state index contributed by atoms with van der Waals surface area (Å²) in [7, 11) is 2.20. The molecule has 0 atom stereocenters. The standard InChI is InChI=1S/C33H40N2/c1-5-30-23-32(20-21-33(30)26(3)35(4)24-29-14-10-7-11-15-29)34-25(2)31-18-16-28(17-19-31)22-27-12-8-6-9-13-27/h6,8-9,12-13,16-21,23,29,34H,2-3,5,7,10-11,14-15,22,24H2,1,4H3.